The van der Waals surface area contributed by atoms with Crippen molar-refractivity contribution >= 4 is 12.4 Å². The van der Waals surface area contributed by atoms with Crippen molar-refractivity contribution in [2.75, 3.05) is 0 Å². The standard InChI is InChI=1S/C15H15NO.ClH/c1-2-15(16)12-7-6-10-14(11-12)17-13-8-4-3-5-9-13;/h2-11,15H,1,16H2;1H/t15-;/m1./s1. The van der Waals surface area contributed by atoms with Crippen LogP contribution < -0.4 is 10.5 Å². The van der Waals surface area contributed by atoms with Gasteiger partial charge in [-0.05, 0) is 29.8 Å². The predicted octanol–water partition coefficient (Wildman–Crippen LogP) is 4.09. The molecule has 0 heterocycles. The van der Waals surface area contributed by atoms with Crippen LogP contribution in [0.15, 0.2) is 67.3 Å². The first-order chi connectivity index (χ1) is 8.29. The van der Waals surface area contributed by atoms with E-state index >= 15 is 0 Å². The first-order valence-corrected chi connectivity index (χ1v) is 5.50. The fourth-order valence-electron chi connectivity index (χ4n) is 1.55. The number of rotatable bonds is 4. The average molecular weight is 262 g/mol. The second-order valence-corrected chi connectivity index (χ2v) is 3.75. The summed E-state index contributed by atoms with van der Waals surface area (Å²) < 4.78 is 5.72. The Morgan fingerprint density at radius 3 is 2.33 bits per heavy atom. The molecule has 0 fully saturated rings. The summed E-state index contributed by atoms with van der Waals surface area (Å²) in [5, 5.41) is 0. The van der Waals surface area contributed by atoms with E-state index in [1.807, 2.05) is 54.6 Å². The highest BCUT2D eigenvalue weighted by molar-refractivity contribution is 5.85. The van der Waals surface area contributed by atoms with Crippen LogP contribution in [0.4, 0.5) is 0 Å². The Morgan fingerprint density at radius 1 is 1.00 bits per heavy atom. The molecule has 0 amide bonds. The summed E-state index contributed by atoms with van der Waals surface area (Å²) in [5.41, 5.74) is 6.88. The third-order valence-electron chi connectivity index (χ3n) is 2.48. The number of benzene rings is 2. The van der Waals surface area contributed by atoms with Gasteiger partial charge in [-0.2, -0.15) is 0 Å². The highest BCUT2D eigenvalue weighted by atomic mass is 35.5. The van der Waals surface area contributed by atoms with Crippen LogP contribution in [-0.4, -0.2) is 0 Å². The van der Waals surface area contributed by atoms with Crippen LogP contribution in [0.1, 0.15) is 11.6 Å². The lowest BCUT2D eigenvalue weighted by Gasteiger charge is -2.10. The zero-order valence-electron chi connectivity index (χ0n) is 9.95. The van der Waals surface area contributed by atoms with Crippen LogP contribution in [-0.2, 0) is 0 Å². The fraction of sp³-hybridized carbons (Fsp3) is 0.0667. The van der Waals surface area contributed by atoms with E-state index in [1.54, 1.807) is 6.08 Å². The third kappa shape index (κ3) is 3.62. The van der Waals surface area contributed by atoms with E-state index in [9.17, 15) is 0 Å². The van der Waals surface area contributed by atoms with Gasteiger partial charge in [-0.25, -0.2) is 0 Å². The van der Waals surface area contributed by atoms with Crippen LogP contribution in [0.3, 0.4) is 0 Å². The van der Waals surface area contributed by atoms with Gasteiger partial charge in [0.15, 0.2) is 0 Å². The van der Waals surface area contributed by atoms with Gasteiger partial charge in [0.05, 0.1) is 0 Å². The first kappa shape index (κ1) is 14.3. The number of hydrogen-bond acceptors (Lipinski definition) is 2. The van der Waals surface area contributed by atoms with Crippen molar-refractivity contribution in [1.29, 1.82) is 0 Å². The number of halogens is 1. The van der Waals surface area contributed by atoms with Gasteiger partial charge in [-0.1, -0.05) is 36.4 Å². The second kappa shape index (κ2) is 6.84. The van der Waals surface area contributed by atoms with E-state index in [0.29, 0.717) is 0 Å². The van der Waals surface area contributed by atoms with Gasteiger partial charge in [0.25, 0.3) is 0 Å². The SMILES string of the molecule is C=C[C@@H](N)c1cccc(Oc2ccccc2)c1.Cl. The van der Waals surface area contributed by atoms with Gasteiger partial charge in [-0.3, -0.25) is 0 Å². The second-order valence-electron chi connectivity index (χ2n) is 3.75. The van der Waals surface area contributed by atoms with E-state index < -0.39 is 0 Å². The van der Waals surface area contributed by atoms with Crippen molar-refractivity contribution in [3.8, 4) is 11.5 Å². The Balaban J connectivity index is 0.00000162. The zero-order valence-corrected chi connectivity index (χ0v) is 10.8. The van der Waals surface area contributed by atoms with E-state index in [4.69, 9.17) is 10.5 Å². The van der Waals surface area contributed by atoms with E-state index in [1.165, 1.54) is 0 Å². The molecule has 0 aliphatic rings. The third-order valence-corrected chi connectivity index (χ3v) is 2.48. The smallest absolute Gasteiger partial charge is 0.127 e. The predicted molar refractivity (Wildman–Crippen MR) is 77.3 cm³/mol. The molecule has 2 nitrogen and oxygen atoms in total. The summed E-state index contributed by atoms with van der Waals surface area (Å²) in [7, 11) is 0. The van der Waals surface area contributed by atoms with Crippen LogP contribution >= 0.6 is 12.4 Å². The quantitative estimate of drug-likeness (QED) is 0.842. The fourth-order valence-corrected chi connectivity index (χ4v) is 1.55. The van der Waals surface area contributed by atoms with Crippen molar-refractivity contribution in [3.05, 3.63) is 72.8 Å². The molecule has 2 N–H and O–H groups in total. The van der Waals surface area contributed by atoms with E-state index in [0.717, 1.165) is 17.1 Å². The molecule has 0 aliphatic carbocycles. The maximum atomic E-state index is 5.88. The Morgan fingerprint density at radius 2 is 1.67 bits per heavy atom. The Bertz CT molecular complexity index is 499. The molecule has 0 radical (unpaired) electrons. The minimum Gasteiger partial charge on any atom is -0.457 e. The van der Waals surface area contributed by atoms with Crippen LogP contribution in [0.5, 0.6) is 11.5 Å². The van der Waals surface area contributed by atoms with Gasteiger partial charge < -0.3 is 10.5 Å². The van der Waals surface area contributed by atoms with Crippen LogP contribution in [0.25, 0.3) is 0 Å². The van der Waals surface area contributed by atoms with Crippen molar-refractivity contribution < 1.29 is 4.74 Å². The summed E-state index contributed by atoms with van der Waals surface area (Å²) in [6, 6.07) is 17.2. The molecule has 0 aliphatic heterocycles. The van der Waals surface area contributed by atoms with E-state index in [-0.39, 0.29) is 18.4 Å². The van der Waals surface area contributed by atoms with Gasteiger partial charge in [0.1, 0.15) is 11.5 Å². The van der Waals surface area contributed by atoms with Gasteiger partial charge >= 0.3 is 0 Å². The van der Waals surface area contributed by atoms with Crippen molar-refractivity contribution in [3.63, 3.8) is 0 Å². The normalized spacial score (nSPS) is 11.2. The lowest BCUT2D eigenvalue weighted by molar-refractivity contribution is 0.481. The summed E-state index contributed by atoms with van der Waals surface area (Å²) in [6.07, 6.45) is 1.71. The largest absolute Gasteiger partial charge is 0.457 e. The molecule has 1 atom stereocenters. The average Bonchev–Trinajstić information content (AvgIpc) is 2.39. The lowest BCUT2D eigenvalue weighted by Crippen LogP contribution is -2.06. The lowest BCUT2D eigenvalue weighted by atomic mass is 10.1. The van der Waals surface area contributed by atoms with E-state index in [2.05, 4.69) is 6.58 Å². The Labute approximate surface area is 114 Å². The number of hydrogen-bond donors (Lipinski definition) is 1. The number of ether oxygens (including phenoxy) is 1. The molecular formula is C15H16ClNO. The monoisotopic (exact) mass is 261 g/mol. The van der Waals surface area contributed by atoms with Crippen molar-refractivity contribution in [2.45, 2.75) is 6.04 Å². The Hall–Kier alpha value is -1.77. The number of para-hydroxylation sites is 1. The molecule has 0 aromatic heterocycles. The summed E-state index contributed by atoms with van der Waals surface area (Å²) in [6.45, 7) is 3.68. The topological polar surface area (TPSA) is 35.2 Å². The van der Waals surface area contributed by atoms with Gasteiger partial charge in [0, 0.05) is 6.04 Å². The maximum Gasteiger partial charge on any atom is 0.127 e. The molecular weight excluding hydrogens is 246 g/mol. The minimum absolute atomic E-state index is 0. The Kier molecular flexibility index (Phi) is 5.43. The van der Waals surface area contributed by atoms with Crippen LogP contribution in [0.2, 0.25) is 0 Å². The van der Waals surface area contributed by atoms with Crippen molar-refractivity contribution in [2.24, 2.45) is 5.73 Å². The first-order valence-electron chi connectivity index (χ1n) is 5.50. The molecule has 0 saturated heterocycles. The molecule has 3 heteroatoms. The summed E-state index contributed by atoms with van der Waals surface area (Å²) in [5.74, 6) is 1.60. The molecule has 2 rings (SSSR count). The molecule has 2 aromatic rings. The highest BCUT2D eigenvalue weighted by Crippen LogP contribution is 2.23. The molecule has 0 saturated carbocycles. The maximum absolute atomic E-state index is 5.88. The van der Waals surface area contributed by atoms with Gasteiger partial charge in [0.2, 0.25) is 0 Å². The molecule has 0 unspecified atom stereocenters. The van der Waals surface area contributed by atoms with Gasteiger partial charge in [-0.15, -0.1) is 19.0 Å². The van der Waals surface area contributed by atoms with Crippen molar-refractivity contribution in [1.82, 2.24) is 0 Å². The molecule has 0 bridgehead atoms. The molecule has 94 valence electrons. The molecule has 2 aromatic carbocycles. The molecule has 0 spiro atoms. The minimum atomic E-state index is -0.158. The number of nitrogens with two attached hydrogens (primary N) is 1. The highest BCUT2D eigenvalue weighted by Gasteiger charge is 2.03. The molecule has 18 heavy (non-hydrogen) atoms. The van der Waals surface area contributed by atoms with Crippen LogP contribution in [0, 0.1) is 0 Å². The summed E-state index contributed by atoms with van der Waals surface area (Å²) in [4.78, 5) is 0. The summed E-state index contributed by atoms with van der Waals surface area (Å²) >= 11 is 0. The zero-order chi connectivity index (χ0) is 12.1.